The highest BCUT2D eigenvalue weighted by atomic mass is 16.1. The molecule has 1 rings (SSSR count). The van der Waals surface area contributed by atoms with Crippen molar-refractivity contribution in [3.8, 4) is 0 Å². The van der Waals surface area contributed by atoms with Crippen LogP contribution in [0.15, 0.2) is 18.3 Å². The molecule has 0 fully saturated rings. The van der Waals surface area contributed by atoms with E-state index in [-0.39, 0.29) is 12.5 Å². The van der Waals surface area contributed by atoms with E-state index in [1.807, 2.05) is 6.07 Å². The Bertz CT molecular complexity index is 337. The van der Waals surface area contributed by atoms with Crippen LogP contribution in [-0.4, -0.2) is 24.0 Å². The van der Waals surface area contributed by atoms with Crippen molar-refractivity contribution in [2.75, 3.05) is 23.7 Å². The summed E-state index contributed by atoms with van der Waals surface area (Å²) in [5.74, 6) is 0.292. The van der Waals surface area contributed by atoms with Crippen LogP contribution in [0.3, 0.4) is 0 Å². The molecular weight excluding hydrogens is 216 g/mol. The lowest BCUT2D eigenvalue weighted by Gasteiger charge is -2.07. The number of hydrogen-bond acceptors (Lipinski definition) is 4. The van der Waals surface area contributed by atoms with Crippen molar-refractivity contribution in [3.63, 3.8) is 0 Å². The fraction of sp³-hybridized carbons (Fsp3) is 0.500. The van der Waals surface area contributed by atoms with Gasteiger partial charge in [0.25, 0.3) is 0 Å². The number of anilines is 2. The van der Waals surface area contributed by atoms with Crippen LogP contribution < -0.4 is 16.4 Å². The van der Waals surface area contributed by atoms with Gasteiger partial charge in [-0.1, -0.05) is 19.8 Å². The maximum absolute atomic E-state index is 11.0. The minimum absolute atomic E-state index is 0.0291. The van der Waals surface area contributed by atoms with Gasteiger partial charge in [-0.15, -0.1) is 0 Å². The molecule has 5 nitrogen and oxygen atoms in total. The van der Waals surface area contributed by atoms with Gasteiger partial charge in [0.2, 0.25) is 5.91 Å². The van der Waals surface area contributed by atoms with Gasteiger partial charge in [-0.05, 0) is 18.6 Å². The van der Waals surface area contributed by atoms with Gasteiger partial charge in [0.05, 0.1) is 18.4 Å². The Morgan fingerprint density at radius 1 is 1.41 bits per heavy atom. The normalized spacial score (nSPS) is 10.0. The number of rotatable bonds is 7. The number of hydrogen-bond donors (Lipinski definition) is 3. The lowest BCUT2D eigenvalue weighted by atomic mass is 10.2. The summed E-state index contributed by atoms with van der Waals surface area (Å²) in [5, 5.41) is 5.87. The lowest BCUT2D eigenvalue weighted by Crippen LogP contribution is -2.22. The fourth-order valence-electron chi connectivity index (χ4n) is 1.37. The van der Waals surface area contributed by atoms with Crippen LogP contribution in [-0.2, 0) is 4.79 Å². The smallest absolute Gasteiger partial charge is 0.239 e. The zero-order chi connectivity index (χ0) is 12.5. The lowest BCUT2D eigenvalue weighted by molar-refractivity contribution is -0.114. The molecule has 0 bridgehead atoms. The largest absolute Gasteiger partial charge is 0.384 e. The Kier molecular flexibility index (Phi) is 6.03. The predicted molar refractivity (Wildman–Crippen MR) is 69.9 cm³/mol. The summed E-state index contributed by atoms with van der Waals surface area (Å²) in [5.41, 5.74) is 6.16. The number of pyridine rings is 1. The number of unbranched alkanes of at least 4 members (excludes halogenated alkanes) is 2. The molecule has 0 aliphatic heterocycles. The molecule has 0 unspecified atom stereocenters. The topological polar surface area (TPSA) is 80.0 Å². The summed E-state index contributed by atoms with van der Waals surface area (Å²) in [4.78, 5) is 15.1. The average Bonchev–Trinajstić information content (AvgIpc) is 2.36. The van der Waals surface area contributed by atoms with E-state index in [0.29, 0.717) is 5.82 Å². The monoisotopic (exact) mass is 236 g/mol. The number of carbonyl (C=O) groups excluding carboxylic acids is 1. The van der Waals surface area contributed by atoms with E-state index in [4.69, 9.17) is 5.73 Å². The summed E-state index contributed by atoms with van der Waals surface area (Å²) < 4.78 is 0. The Morgan fingerprint density at radius 2 is 2.24 bits per heavy atom. The fourth-order valence-corrected chi connectivity index (χ4v) is 1.37. The van der Waals surface area contributed by atoms with Crippen molar-refractivity contribution >= 4 is 17.4 Å². The molecular formula is C12H20N4O. The van der Waals surface area contributed by atoms with Crippen LogP contribution >= 0.6 is 0 Å². The van der Waals surface area contributed by atoms with Crippen molar-refractivity contribution in [2.24, 2.45) is 5.73 Å². The van der Waals surface area contributed by atoms with Crippen molar-refractivity contribution in [1.82, 2.24) is 4.98 Å². The Hall–Kier alpha value is -1.62. The number of nitrogens with two attached hydrogens (primary N) is 1. The van der Waals surface area contributed by atoms with E-state index in [0.717, 1.165) is 18.7 Å². The van der Waals surface area contributed by atoms with E-state index < -0.39 is 0 Å². The van der Waals surface area contributed by atoms with Crippen LogP contribution in [0.5, 0.6) is 0 Å². The molecule has 1 amide bonds. The van der Waals surface area contributed by atoms with Gasteiger partial charge in [-0.2, -0.15) is 0 Å². The van der Waals surface area contributed by atoms with E-state index in [9.17, 15) is 4.79 Å². The minimum atomic E-state index is -0.235. The minimum Gasteiger partial charge on any atom is -0.384 e. The van der Waals surface area contributed by atoms with Crippen molar-refractivity contribution in [3.05, 3.63) is 18.3 Å². The third-order valence-electron chi connectivity index (χ3n) is 2.33. The molecule has 17 heavy (non-hydrogen) atoms. The quantitative estimate of drug-likeness (QED) is 0.628. The van der Waals surface area contributed by atoms with Gasteiger partial charge in [0.1, 0.15) is 5.82 Å². The van der Waals surface area contributed by atoms with E-state index in [2.05, 4.69) is 22.5 Å². The van der Waals surface area contributed by atoms with Crippen molar-refractivity contribution in [1.29, 1.82) is 0 Å². The van der Waals surface area contributed by atoms with E-state index >= 15 is 0 Å². The van der Waals surface area contributed by atoms with Crippen molar-refractivity contribution in [2.45, 2.75) is 26.2 Å². The van der Waals surface area contributed by atoms with Crippen LogP contribution in [0, 0.1) is 0 Å². The Labute approximate surface area is 102 Å². The zero-order valence-electron chi connectivity index (χ0n) is 10.2. The highest BCUT2D eigenvalue weighted by Crippen LogP contribution is 2.09. The first-order valence-corrected chi connectivity index (χ1v) is 5.96. The average molecular weight is 236 g/mol. The Balaban J connectivity index is 2.36. The van der Waals surface area contributed by atoms with Crippen LogP contribution in [0.2, 0.25) is 0 Å². The summed E-state index contributed by atoms with van der Waals surface area (Å²) in [6, 6.07) is 3.65. The third-order valence-corrected chi connectivity index (χ3v) is 2.33. The molecule has 0 spiro atoms. The number of amides is 1. The molecule has 0 aromatic carbocycles. The molecule has 1 heterocycles. The SMILES string of the molecule is CCCCCNc1ccc(NC(=O)CN)nc1. The van der Waals surface area contributed by atoms with Crippen LogP contribution in [0.1, 0.15) is 26.2 Å². The molecule has 0 aliphatic rings. The molecule has 4 N–H and O–H groups in total. The van der Waals surface area contributed by atoms with Gasteiger partial charge < -0.3 is 16.4 Å². The van der Waals surface area contributed by atoms with Gasteiger partial charge in [-0.3, -0.25) is 4.79 Å². The predicted octanol–water partition coefficient (Wildman–Crippen LogP) is 1.58. The first-order valence-electron chi connectivity index (χ1n) is 5.96. The third kappa shape index (κ3) is 5.31. The van der Waals surface area contributed by atoms with Crippen LogP contribution in [0.4, 0.5) is 11.5 Å². The first kappa shape index (κ1) is 13.4. The molecule has 0 atom stereocenters. The van der Waals surface area contributed by atoms with Crippen molar-refractivity contribution < 1.29 is 4.79 Å². The maximum Gasteiger partial charge on any atom is 0.239 e. The summed E-state index contributed by atoms with van der Waals surface area (Å²) in [6.45, 7) is 3.10. The Morgan fingerprint density at radius 3 is 2.82 bits per heavy atom. The molecule has 1 aromatic heterocycles. The molecule has 5 heteroatoms. The number of nitrogens with one attached hydrogen (secondary N) is 2. The highest BCUT2D eigenvalue weighted by molar-refractivity contribution is 5.91. The van der Waals surface area contributed by atoms with Gasteiger partial charge in [-0.25, -0.2) is 4.98 Å². The summed E-state index contributed by atoms with van der Waals surface area (Å²) >= 11 is 0. The number of nitrogens with zero attached hydrogens (tertiary/aromatic N) is 1. The van der Waals surface area contributed by atoms with Crippen LogP contribution in [0.25, 0.3) is 0 Å². The van der Waals surface area contributed by atoms with E-state index in [1.54, 1.807) is 12.3 Å². The second kappa shape index (κ2) is 7.62. The molecule has 1 aromatic rings. The van der Waals surface area contributed by atoms with Gasteiger partial charge in [0, 0.05) is 6.54 Å². The summed E-state index contributed by atoms with van der Waals surface area (Å²) in [6.07, 6.45) is 5.30. The standard InChI is InChI=1S/C12H20N4O/c1-2-3-4-7-14-10-5-6-11(15-9-10)16-12(17)8-13/h5-6,9,14H,2-4,7-8,13H2,1H3,(H,15,16,17). The molecule has 0 saturated carbocycles. The second-order valence-electron chi connectivity index (χ2n) is 3.82. The van der Waals surface area contributed by atoms with Gasteiger partial charge in [0.15, 0.2) is 0 Å². The molecule has 0 aliphatic carbocycles. The first-order chi connectivity index (χ1) is 8.26. The number of aromatic nitrogens is 1. The second-order valence-corrected chi connectivity index (χ2v) is 3.82. The molecule has 0 saturated heterocycles. The van der Waals surface area contributed by atoms with Gasteiger partial charge >= 0.3 is 0 Å². The maximum atomic E-state index is 11.0. The summed E-state index contributed by atoms with van der Waals surface area (Å²) in [7, 11) is 0. The molecule has 0 radical (unpaired) electrons. The highest BCUT2D eigenvalue weighted by Gasteiger charge is 1.99. The molecule has 94 valence electrons. The zero-order valence-corrected chi connectivity index (χ0v) is 10.2. The van der Waals surface area contributed by atoms with E-state index in [1.165, 1.54) is 12.8 Å². The number of carbonyl (C=O) groups is 1.